The predicted molar refractivity (Wildman–Crippen MR) is 83.8 cm³/mol. The standard InChI is InChI=1S/C16H23BrN2/c1-13(14-6-8-15(17)9-7-14)19-11-5-4-10-16(2,3)12-18/h6-9,13,19H,4-5,10-11H2,1-3H3. The number of nitrogens with one attached hydrogen (secondary N) is 1. The van der Waals surface area contributed by atoms with Gasteiger partial charge in [0, 0.05) is 10.5 Å². The Kier molecular flexibility index (Phi) is 6.54. The van der Waals surface area contributed by atoms with Crippen LogP contribution in [-0.2, 0) is 0 Å². The second-order valence-electron chi connectivity index (χ2n) is 5.68. The Balaban J connectivity index is 2.23. The number of nitriles is 1. The summed E-state index contributed by atoms with van der Waals surface area (Å²) in [4.78, 5) is 0. The molecule has 104 valence electrons. The Morgan fingerprint density at radius 2 is 1.89 bits per heavy atom. The van der Waals surface area contributed by atoms with Crippen LogP contribution in [0.4, 0.5) is 0 Å². The minimum absolute atomic E-state index is 0.183. The molecular weight excluding hydrogens is 300 g/mol. The van der Waals surface area contributed by atoms with Crippen molar-refractivity contribution in [3.05, 3.63) is 34.3 Å². The lowest BCUT2D eigenvalue weighted by Gasteiger charge is -2.16. The molecule has 0 saturated carbocycles. The number of nitrogens with zero attached hydrogens (tertiary/aromatic N) is 1. The third-order valence-corrected chi connectivity index (χ3v) is 3.88. The molecule has 0 fully saturated rings. The minimum atomic E-state index is -0.183. The Labute approximate surface area is 125 Å². The SMILES string of the molecule is CC(NCCCCC(C)(C)C#N)c1ccc(Br)cc1. The summed E-state index contributed by atoms with van der Waals surface area (Å²) in [5.74, 6) is 0. The van der Waals surface area contributed by atoms with Crippen molar-refractivity contribution < 1.29 is 0 Å². The van der Waals surface area contributed by atoms with Crippen molar-refractivity contribution in [2.45, 2.75) is 46.1 Å². The molecule has 0 radical (unpaired) electrons. The monoisotopic (exact) mass is 322 g/mol. The zero-order valence-electron chi connectivity index (χ0n) is 12.0. The summed E-state index contributed by atoms with van der Waals surface area (Å²) in [5.41, 5.74) is 1.12. The quantitative estimate of drug-likeness (QED) is 0.730. The number of benzene rings is 1. The van der Waals surface area contributed by atoms with Gasteiger partial charge in [-0.25, -0.2) is 0 Å². The topological polar surface area (TPSA) is 35.8 Å². The van der Waals surface area contributed by atoms with Crippen molar-refractivity contribution in [2.24, 2.45) is 5.41 Å². The molecule has 19 heavy (non-hydrogen) atoms. The molecule has 0 heterocycles. The zero-order valence-corrected chi connectivity index (χ0v) is 13.6. The van der Waals surface area contributed by atoms with Gasteiger partial charge in [-0.2, -0.15) is 5.26 Å². The van der Waals surface area contributed by atoms with Crippen molar-refractivity contribution >= 4 is 15.9 Å². The van der Waals surface area contributed by atoms with Crippen molar-refractivity contribution in [1.82, 2.24) is 5.32 Å². The first kappa shape index (κ1) is 16.2. The first-order chi connectivity index (χ1) is 8.94. The summed E-state index contributed by atoms with van der Waals surface area (Å²) < 4.78 is 1.11. The van der Waals surface area contributed by atoms with Gasteiger partial charge in [-0.1, -0.05) is 34.5 Å². The Morgan fingerprint density at radius 3 is 2.47 bits per heavy atom. The molecular formula is C16H23BrN2. The maximum absolute atomic E-state index is 8.94. The van der Waals surface area contributed by atoms with Crippen LogP contribution < -0.4 is 5.32 Å². The van der Waals surface area contributed by atoms with Crippen LogP contribution in [-0.4, -0.2) is 6.54 Å². The summed E-state index contributed by atoms with van der Waals surface area (Å²) in [7, 11) is 0. The molecule has 3 heteroatoms. The fourth-order valence-electron chi connectivity index (χ4n) is 1.94. The lowest BCUT2D eigenvalue weighted by Crippen LogP contribution is -2.20. The zero-order chi connectivity index (χ0) is 14.3. The fourth-order valence-corrected chi connectivity index (χ4v) is 2.20. The van der Waals surface area contributed by atoms with Crippen molar-refractivity contribution in [1.29, 1.82) is 5.26 Å². The summed E-state index contributed by atoms with van der Waals surface area (Å²) in [6.45, 7) is 7.19. The van der Waals surface area contributed by atoms with E-state index in [1.807, 2.05) is 13.8 Å². The van der Waals surface area contributed by atoms with Crippen LogP contribution in [0.15, 0.2) is 28.7 Å². The summed E-state index contributed by atoms with van der Waals surface area (Å²) in [5, 5.41) is 12.5. The average Bonchev–Trinajstić information content (AvgIpc) is 2.39. The highest BCUT2D eigenvalue weighted by atomic mass is 79.9. The third kappa shape index (κ3) is 6.22. The van der Waals surface area contributed by atoms with E-state index in [2.05, 4.69) is 58.5 Å². The Hall–Kier alpha value is -0.850. The second kappa shape index (κ2) is 7.67. The van der Waals surface area contributed by atoms with Gasteiger partial charge >= 0.3 is 0 Å². The molecule has 1 rings (SSSR count). The molecule has 0 saturated heterocycles. The van der Waals surface area contributed by atoms with E-state index in [0.717, 1.165) is 30.3 Å². The van der Waals surface area contributed by atoms with E-state index in [1.165, 1.54) is 5.56 Å². The molecule has 0 spiro atoms. The molecule has 0 aliphatic rings. The van der Waals surface area contributed by atoms with E-state index in [-0.39, 0.29) is 5.41 Å². The van der Waals surface area contributed by atoms with Gasteiger partial charge < -0.3 is 5.32 Å². The maximum Gasteiger partial charge on any atom is 0.0683 e. The highest BCUT2D eigenvalue weighted by Gasteiger charge is 2.15. The van der Waals surface area contributed by atoms with Gasteiger partial charge in [0.15, 0.2) is 0 Å². The minimum Gasteiger partial charge on any atom is -0.310 e. The normalized spacial score (nSPS) is 13.0. The number of hydrogen-bond acceptors (Lipinski definition) is 2. The molecule has 0 aliphatic heterocycles. The van der Waals surface area contributed by atoms with Gasteiger partial charge in [-0.15, -0.1) is 0 Å². The number of rotatable bonds is 7. The lowest BCUT2D eigenvalue weighted by atomic mass is 9.89. The van der Waals surface area contributed by atoms with E-state index in [4.69, 9.17) is 5.26 Å². The molecule has 1 aromatic carbocycles. The van der Waals surface area contributed by atoms with Crippen LogP contribution in [0.2, 0.25) is 0 Å². The third-order valence-electron chi connectivity index (χ3n) is 3.35. The highest BCUT2D eigenvalue weighted by Crippen LogP contribution is 2.21. The van der Waals surface area contributed by atoms with E-state index >= 15 is 0 Å². The van der Waals surface area contributed by atoms with E-state index < -0.39 is 0 Å². The van der Waals surface area contributed by atoms with Crippen molar-refractivity contribution in [3.63, 3.8) is 0 Å². The summed E-state index contributed by atoms with van der Waals surface area (Å²) in [6.07, 6.45) is 3.18. The smallest absolute Gasteiger partial charge is 0.0683 e. The van der Waals surface area contributed by atoms with Crippen molar-refractivity contribution in [2.75, 3.05) is 6.54 Å². The van der Waals surface area contributed by atoms with Gasteiger partial charge in [0.1, 0.15) is 0 Å². The molecule has 0 amide bonds. The van der Waals surface area contributed by atoms with E-state index in [0.29, 0.717) is 6.04 Å². The second-order valence-corrected chi connectivity index (χ2v) is 6.60. The van der Waals surface area contributed by atoms with Gasteiger partial charge in [0.05, 0.1) is 11.5 Å². The first-order valence-corrected chi connectivity index (χ1v) is 7.64. The Bertz CT molecular complexity index is 417. The summed E-state index contributed by atoms with van der Waals surface area (Å²) >= 11 is 3.45. The molecule has 1 N–H and O–H groups in total. The molecule has 1 aromatic rings. The van der Waals surface area contributed by atoms with Crippen LogP contribution in [0.5, 0.6) is 0 Å². The van der Waals surface area contributed by atoms with Gasteiger partial charge in [-0.05, 0) is 57.9 Å². The van der Waals surface area contributed by atoms with Gasteiger partial charge in [0.25, 0.3) is 0 Å². The molecule has 0 bridgehead atoms. The fraction of sp³-hybridized carbons (Fsp3) is 0.562. The summed E-state index contributed by atoms with van der Waals surface area (Å²) in [6, 6.07) is 11.1. The molecule has 0 aromatic heterocycles. The molecule has 1 atom stereocenters. The number of halogens is 1. The van der Waals surface area contributed by atoms with Crippen LogP contribution in [0.25, 0.3) is 0 Å². The van der Waals surface area contributed by atoms with Gasteiger partial charge in [-0.3, -0.25) is 0 Å². The molecule has 0 aliphatic carbocycles. The van der Waals surface area contributed by atoms with Crippen LogP contribution >= 0.6 is 15.9 Å². The van der Waals surface area contributed by atoms with Gasteiger partial charge in [0.2, 0.25) is 0 Å². The van der Waals surface area contributed by atoms with E-state index in [1.54, 1.807) is 0 Å². The van der Waals surface area contributed by atoms with Crippen LogP contribution in [0.1, 0.15) is 51.6 Å². The predicted octanol–water partition coefficient (Wildman–Crippen LogP) is 4.82. The average molecular weight is 323 g/mol. The molecule has 1 unspecified atom stereocenters. The van der Waals surface area contributed by atoms with E-state index in [9.17, 15) is 0 Å². The first-order valence-electron chi connectivity index (χ1n) is 6.85. The van der Waals surface area contributed by atoms with Crippen LogP contribution in [0, 0.1) is 16.7 Å². The number of hydrogen-bond donors (Lipinski definition) is 1. The highest BCUT2D eigenvalue weighted by molar-refractivity contribution is 9.10. The molecule has 2 nitrogen and oxygen atoms in total. The lowest BCUT2D eigenvalue weighted by molar-refractivity contribution is 0.418. The Morgan fingerprint density at radius 1 is 1.26 bits per heavy atom. The van der Waals surface area contributed by atoms with Crippen molar-refractivity contribution in [3.8, 4) is 6.07 Å². The van der Waals surface area contributed by atoms with Crippen LogP contribution in [0.3, 0.4) is 0 Å². The number of unbranched alkanes of at least 4 members (excludes halogenated alkanes) is 1. The largest absolute Gasteiger partial charge is 0.310 e. The maximum atomic E-state index is 8.94.